The first-order valence-corrected chi connectivity index (χ1v) is 10.9. The number of ether oxygens (including phenoxy) is 1. The van der Waals surface area contributed by atoms with Crippen LogP contribution in [0.5, 0.6) is 5.75 Å². The molecule has 2 N–H and O–H groups in total. The number of nitrogens with zero attached hydrogens (tertiary/aromatic N) is 2. The SMILES string of the molecule is CCN(CC)c1ccc(C(=O)NC(=S)Nc2nc(-c3ccc(OC)cc3)cs2)cc1. The van der Waals surface area contributed by atoms with E-state index >= 15 is 0 Å². The predicted octanol–water partition coefficient (Wildman–Crippen LogP) is 4.79. The number of thiocarbonyl (C=S) groups is 1. The van der Waals surface area contributed by atoms with Crippen molar-refractivity contribution in [3.63, 3.8) is 0 Å². The molecule has 3 rings (SSSR count). The second kappa shape index (κ2) is 10.2. The molecule has 6 nitrogen and oxygen atoms in total. The lowest BCUT2D eigenvalue weighted by atomic mass is 10.2. The number of benzene rings is 2. The number of aromatic nitrogens is 1. The van der Waals surface area contributed by atoms with Crippen molar-refractivity contribution in [2.24, 2.45) is 0 Å². The van der Waals surface area contributed by atoms with Crippen molar-refractivity contribution in [2.75, 3.05) is 30.4 Å². The molecule has 30 heavy (non-hydrogen) atoms. The first-order chi connectivity index (χ1) is 14.5. The Morgan fingerprint density at radius 3 is 2.37 bits per heavy atom. The zero-order valence-electron chi connectivity index (χ0n) is 17.1. The average molecular weight is 441 g/mol. The van der Waals surface area contributed by atoms with Gasteiger partial charge in [-0.05, 0) is 74.6 Å². The van der Waals surface area contributed by atoms with Crippen molar-refractivity contribution < 1.29 is 9.53 Å². The Kier molecular flexibility index (Phi) is 7.37. The van der Waals surface area contributed by atoms with Gasteiger partial charge >= 0.3 is 0 Å². The number of thiazole rings is 1. The van der Waals surface area contributed by atoms with E-state index in [1.54, 1.807) is 19.2 Å². The van der Waals surface area contributed by atoms with Crippen LogP contribution in [0.25, 0.3) is 11.3 Å². The van der Waals surface area contributed by atoms with Crippen LogP contribution in [0.3, 0.4) is 0 Å². The van der Waals surface area contributed by atoms with Gasteiger partial charge in [0, 0.05) is 35.3 Å². The maximum Gasteiger partial charge on any atom is 0.257 e. The molecular weight excluding hydrogens is 416 g/mol. The van der Waals surface area contributed by atoms with Crippen LogP contribution < -0.4 is 20.3 Å². The van der Waals surface area contributed by atoms with Gasteiger partial charge in [-0.3, -0.25) is 10.1 Å². The van der Waals surface area contributed by atoms with Crippen LogP contribution in [0, 0.1) is 0 Å². The molecule has 0 aliphatic rings. The maximum atomic E-state index is 12.5. The molecule has 0 aliphatic carbocycles. The van der Waals surface area contributed by atoms with Gasteiger partial charge in [-0.1, -0.05) is 0 Å². The molecule has 8 heteroatoms. The third kappa shape index (κ3) is 5.34. The van der Waals surface area contributed by atoms with Gasteiger partial charge in [-0.2, -0.15) is 0 Å². The third-order valence-electron chi connectivity index (χ3n) is 4.60. The van der Waals surface area contributed by atoms with Gasteiger partial charge in [0.2, 0.25) is 0 Å². The second-order valence-corrected chi connectivity index (χ2v) is 7.66. The van der Waals surface area contributed by atoms with E-state index in [1.807, 2.05) is 41.8 Å². The first kappa shape index (κ1) is 21.7. The average Bonchev–Trinajstić information content (AvgIpc) is 3.23. The number of hydrogen-bond acceptors (Lipinski definition) is 6. The summed E-state index contributed by atoms with van der Waals surface area (Å²) in [5, 5.41) is 8.44. The summed E-state index contributed by atoms with van der Waals surface area (Å²) in [6.45, 7) is 6.05. The van der Waals surface area contributed by atoms with Crippen molar-refractivity contribution in [3.8, 4) is 17.0 Å². The van der Waals surface area contributed by atoms with Crippen LogP contribution in [-0.2, 0) is 0 Å². The molecule has 0 spiro atoms. The molecule has 0 aliphatic heterocycles. The highest BCUT2D eigenvalue weighted by Crippen LogP contribution is 2.26. The Morgan fingerprint density at radius 1 is 1.10 bits per heavy atom. The summed E-state index contributed by atoms with van der Waals surface area (Å²) in [5.41, 5.74) is 3.44. The summed E-state index contributed by atoms with van der Waals surface area (Å²) >= 11 is 6.69. The van der Waals surface area contributed by atoms with E-state index in [0.29, 0.717) is 10.7 Å². The summed E-state index contributed by atoms with van der Waals surface area (Å²) in [7, 11) is 1.63. The number of anilines is 2. The van der Waals surface area contributed by atoms with Crippen LogP contribution in [0.4, 0.5) is 10.8 Å². The number of carbonyl (C=O) groups is 1. The van der Waals surface area contributed by atoms with Gasteiger partial charge in [-0.25, -0.2) is 4.98 Å². The van der Waals surface area contributed by atoms with E-state index in [0.717, 1.165) is 35.8 Å². The van der Waals surface area contributed by atoms with Crippen molar-refractivity contribution in [1.29, 1.82) is 0 Å². The molecule has 156 valence electrons. The minimum absolute atomic E-state index is 0.212. The molecule has 0 bridgehead atoms. The molecule has 2 aromatic carbocycles. The zero-order valence-corrected chi connectivity index (χ0v) is 18.8. The topological polar surface area (TPSA) is 66.5 Å². The van der Waals surface area contributed by atoms with E-state index in [-0.39, 0.29) is 11.0 Å². The monoisotopic (exact) mass is 440 g/mol. The highest BCUT2D eigenvalue weighted by atomic mass is 32.1. The van der Waals surface area contributed by atoms with Crippen molar-refractivity contribution in [2.45, 2.75) is 13.8 Å². The quantitative estimate of drug-likeness (QED) is 0.515. The molecule has 1 heterocycles. The number of methoxy groups -OCH3 is 1. The number of amides is 1. The van der Waals surface area contributed by atoms with Gasteiger partial charge < -0.3 is 15.0 Å². The van der Waals surface area contributed by atoms with E-state index in [1.165, 1.54) is 11.3 Å². The minimum atomic E-state index is -0.259. The lowest BCUT2D eigenvalue weighted by Gasteiger charge is -2.21. The molecule has 1 aromatic heterocycles. The molecule has 0 unspecified atom stereocenters. The van der Waals surface area contributed by atoms with Crippen LogP contribution >= 0.6 is 23.6 Å². The molecule has 3 aromatic rings. The van der Waals surface area contributed by atoms with Gasteiger partial charge in [0.25, 0.3) is 5.91 Å². The molecule has 0 fully saturated rings. The highest BCUT2D eigenvalue weighted by Gasteiger charge is 2.11. The summed E-state index contributed by atoms with van der Waals surface area (Å²) in [5.74, 6) is 0.534. The molecule has 0 atom stereocenters. The van der Waals surface area contributed by atoms with Crippen LogP contribution in [-0.4, -0.2) is 36.2 Å². The smallest absolute Gasteiger partial charge is 0.257 e. The fraction of sp³-hybridized carbons (Fsp3) is 0.227. The van der Waals surface area contributed by atoms with Gasteiger partial charge in [0.05, 0.1) is 12.8 Å². The van der Waals surface area contributed by atoms with Crippen molar-refractivity contribution in [1.82, 2.24) is 10.3 Å². The molecule has 0 radical (unpaired) electrons. The number of carbonyl (C=O) groups excluding carboxylic acids is 1. The van der Waals surface area contributed by atoms with E-state index in [9.17, 15) is 4.79 Å². The Bertz CT molecular complexity index is 997. The highest BCUT2D eigenvalue weighted by molar-refractivity contribution is 7.80. The standard InChI is InChI=1S/C22H24N4O2S2/c1-4-26(5-2)17-10-6-16(7-11-17)20(27)24-21(29)25-22-23-19(14-30-22)15-8-12-18(28-3)13-9-15/h6-14H,4-5H2,1-3H3,(H2,23,24,25,27,29). The Hall–Kier alpha value is -2.97. The second-order valence-electron chi connectivity index (χ2n) is 6.39. The van der Waals surface area contributed by atoms with Gasteiger partial charge in [-0.15, -0.1) is 11.3 Å². The minimum Gasteiger partial charge on any atom is -0.497 e. The van der Waals surface area contributed by atoms with Crippen LogP contribution in [0.2, 0.25) is 0 Å². The van der Waals surface area contributed by atoms with Crippen LogP contribution in [0.1, 0.15) is 24.2 Å². The fourth-order valence-electron chi connectivity index (χ4n) is 2.94. The summed E-state index contributed by atoms with van der Waals surface area (Å²) in [6.07, 6.45) is 0. The Balaban J connectivity index is 1.59. The van der Waals surface area contributed by atoms with Crippen molar-refractivity contribution in [3.05, 3.63) is 59.5 Å². The molecule has 1 amide bonds. The van der Waals surface area contributed by atoms with E-state index in [4.69, 9.17) is 17.0 Å². The normalized spacial score (nSPS) is 10.4. The lowest BCUT2D eigenvalue weighted by molar-refractivity contribution is 0.0978. The van der Waals surface area contributed by atoms with Crippen molar-refractivity contribution >= 4 is 45.4 Å². The molecular formula is C22H24N4O2S2. The summed E-state index contributed by atoms with van der Waals surface area (Å²) in [4.78, 5) is 19.2. The Morgan fingerprint density at radius 2 is 1.77 bits per heavy atom. The molecule has 0 saturated carbocycles. The first-order valence-electron chi connectivity index (χ1n) is 9.61. The van der Waals surface area contributed by atoms with Gasteiger partial charge in [0.15, 0.2) is 10.2 Å². The summed E-state index contributed by atoms with van der Waals surface area (Å²) in [6, 6.07) is 15.2. The number of rotatable bonds is 7. The predicted molar refractivity (Wildman–Crippen MR) is 128 cm³/mol. The largest absolute Gasteiger partial charge is 0.497 e. The molecule has 0 saturated heterocycles. The Labute approximate surface area is 185 Å². The number of hydrogen-bond donors (Lipinski definition) is 2. The number of nitrogens with one attached hydrogen (secondary N) is 2. The van der Waals surface area contributed by atoms with E-state index in [2.05, 4.69) is 34.4 Å². The fourth-order valence-corrected chi connectivity index (χ4v) is 3.92. The van der Waals surface area contributed by atoms with Crippen LogP contribution in [0.15, 0.2) is 53.9 Å². The zero-order chi connectivity index (χ0) is 21.5. The lowest BCUT2D eigenvalue weighted by Crippen LogP contribution is -2.34. The van der Waals surface area contributed by atoms with Gasteiger partial charge in [0.1, 0.15) is 5.75 Å². The maximum absolute atomic E-state index is 12.5. The third-order valence-corrected chi connectivity index (χ3v) is 5.56. The summed E-state index contributed by atoms with van der Waals surface area (Å²) < 4.78 is 5.18. The van der Waals surface area contributed by atoms with E-state index < -0.39 is 0 Å².